The Morgan fingerprint density at radius 3 is 3.00 bits per heavy atom. The minimum atomic E-state index is -0.990. The zero-order valence-electron chi connectivity index (χ0n) is 5.93. The first-order valence-electron chi connectivity index (χ1n) is 2.96. The molecule has 1 rings (SSSR count). The highest BCUT2D eigenvalue weighted by molar-refractivity contribution is 5.84. The van der Waals surface area contributed by atoms with Crippen molar-refractivity contribution in [2.45, 2.75) is 0 Å². The Bertz CT molecular complexity index is 290. The van der Waals surface area contributed by atoms with Gasteiger partial charge in [-0.15, -0.1) is 0 Å². The highest BCUT2D eigenvalue weighted by Gasteiger charge is 1.92. The molecule has 58 valence electrons. The Morgan fingerprint density at radius 2 is 2.55 bits per heavy atom. The SMILES string of the molecule is Cn1ncc(/C=C/C(=O)O)n1. The van der Waals surface area contributed by atoms with E-state index >= 15 is 0 Å². The van der Waals surface area contributed by atoms with Gasteiger partial charge < -0.3 is 5.11 Å². The van der Waals surface area contributed by atoms with Crippen LogP contribution in [0.4, 0.5) is 0 Å². The highest BCUT2D eigenvalue weighted by Crippen LogP contribution is 1.92. The van der Waals surface area contributed by atoms with Crippen LogP contribution in [0.15, 0.2) is 12.3 Å². The molecule has 0 aliphatic rings. The molecule has 1 aromatic rings. The first-order chi connectivity index (χ1) is 5.18. The molecular formula is C6H7N3O2. The van der Waals surface area contributed by atoms with E-state index in [0.29, 0.717) is 5.69 Å². The van der Waals surface area contributed by atoms with Crippen LogP contribution in [0.5, 0.6) is 0 Å². The summed E-state index contributed by atoms with van der Waals surface area (Å²) in [5.41, 5.74) is 0.537. The predicted molar refractivity (Wildman–Crippen MR) is 37.7 cm³/mol. The van der Waals surface area contributed by atoms with Gasteiger partial charge in [0.2, 0.25) is 0 Å². The lowest BCUT2D eigenvalue weighted by Crippen LogP contribution is -1.91. The van der Waals surface area contributed by atoms with Crippen LogP contribution in [0.2, 0.25) is 0 Å². The maximum atomic E-state index is 10.0. The molecule has 0 aliphatic carbocycles. The Balaban J connectivity index is 2.71. The van der Waals surface area contributed by atoms with Crippen molar-refractivity contribution in [3.63, 3.8) is 0 Å². The lowest BCUT2D eigenvalue weighted by Gasteiger charge is -1.80. The molecule has 1 aromatic heterocycles. The van der Waals surface area contributed by atoms with Crippen molar-refractivity contribution in [2.24, 2.45) is 7.05 Å². The number of aromatic nitrogens is 3. The second-order valence-electron chi connectivity index (χ2n) is 1.93. The number of carboxylic acid groups (broad SMARTS) is 1. The number of aliphatic carboxylic acids is 1. The zero-order chi connectivity index (χ0) is 8.27. The van der Waals surface area contributed by atoms with E-state index in [2.05, 4.69) is 10.2 Å². The molecule has 5 heteroatoms. The lowest BCUT2D eigenvalue weighted by atomic mass is 10.4. The van der Waals surface area contributed by atoms with Crippen LogP contribution in [-0.2, 0) is 11.8 Å². The second kappa shape index (κ2) is 2.96. The van der Waals surface area contributed by atoms with Gasteiger partial charge in [0, 0.05) is 13.1 Å². The highest BCUT2D eigenvalue weighted by atomic mass is 16.4. The summed E-state index contributed by atoms with van der Waals surface area (Å²) in [7, 11) is 1.66. The summed E-state index contributed by atoms with van der Waals surface area (Å²) in [4.78, 5) is 11.4. The molecule has 0 aromatic carbocycles. The van der Waals surface area contributed by atoms with Gasteiger partial charge in [0.25, 0.3) is 0 Å². The van der Waals surface area contributed by atoms with Crippen molar-refractivity contribution in [1.82, 2.24) is 15.0 Å². The summed E-state index contributed by atoms with van der Waals surface area (Å²) in [6.07, 6.45) is 3.89. The fourth-order valence-corrected chi connectivity index (χ4v) is 0.594. The van der Waals surface area contributed by atoms with E-state index in [1.165, 1.54) is 17.1 Å². The Kier molecular flexibility index (Phi) is 2.00. The molecule has 5 nitrogen and oxygen atoms in total. The fraction of sp³-hybridized carbons (Fsp3) is 0.167. The molecule has 0 bridgehead atoms. The quantitative estimate of drug-likeness (QED) is 0.603. The number of rotatable bonds is 2. The van der Waals surface area contributed by atoms with Crippen LogP contribution >= 0.6 is 0 Å². The van der Waals surface area contributed by atoms with Crippen molar-refractivity contribution in [3.8, 4) is 0 Å². The fourth-order valence-electron chi connectivity index (χ4n) is 0.594. The summed E-state index contributed by atoms with van der Waals surface area (Å²) < 4.78 is 0. The molecule has 0 atom stereocenters. The number of carboxylic acids is 1. The van der Waals surface area contributed by atoms with E-state index in [1.54, 1.807) is 7.05 Å². The van der Waals surface area contributed by atoms with Crippen LogP contribution < -0.4 is 0 Å². The molecule has 0 saturated carbocycles. The molecule has 1 N–H and O–H groups in total. The van der Waals surface area contributed by atoms with E-state index in [4.69, 9.17) is 5.11 Å². The maximum absolute atomic E-state index is 10.0. The third-order valence-corrected chi connectivity index (χ3v) is 1.01. The van der Waals surface area contributed by atoms with E-state index in [-0.39, 0.29) is 0 Å². The second-order valence-corrected chi connectivity index (χ2v) is 1.93. The predicted octanol–water partition coefficient (Wildman–Crippen LogP) is -0.0871. The van der Waals surface area contributed by atoms with Crippen LogP contribution in [0, 0.1) is 0 Å². The standard InChI is InChI=1S/C6H7N3O2/c1-9-7-4-5(8-9)2-3-6(10)11/h2-4H,1H3,(H,10,11)/b3-2+. The summed E-state index contributed by atoms with van der Waals surface area (Å²) in [5, 5.41) is 15.8. The number of nitrogens with zero attached hydrogens (tertiary/aromatic N) is 3. The van der Waals surface area contributed by atoms with Gasteiger partial charge in [-0.2, -0.15) is 15.0 Å². The number of aryl methyl sites for hydroxylation is 1. The smallest absolute Gasteiger partial charge is 0.328 e. The molecule has 0 amide bonds. The van der Waals surface area contributed by atoms with E-state index in [1.807, 2.05) is 0 Å². The van der Waals surface area contributed by atoms with Crippen molar-refractivity contribution < 1.29 is 9.90 Å². The minimum absolute atomic E-state index is 0.537. The monoisotopic (exact) mass is 153 g/mol. The summed E-state index contributed by atoms with van der Waals surface area (Å²) in [6.45, 7) is 0. The summed E-state index contributed by atoms with van der Waals surface area (Å²) in [5.74, 6) is -0.990. The van der Waals surface area contributed by atoms with Crippen molar-refractivity contribution in [2.75, 3.05) is 0 Å². The third kappa shape index (κ3) is 2.21. The largest absolute Gasteiger partial charge is 0.478 e. The first kappa shape index (κ1) is 7.46. The number of hydrogen-bond donors (Lipinski definition) is 1. The minimum Gasteiger partial charge on any atom is -0.478 e. The van der Waals surface area contributed by atoms with Crippen LogP contribution in [0.3, 0.4) is 0 Å². The summed E-state index contributed by atoms with van der Waals surface area (Å²) >= 11 is 0. The first-order valence-corrected chi connectivity index (χ1v) is 2.96. The molecule has 0 fully saturated rings. The van der Waals surface area contributed by atoms with Gasteiger partial charge in [-0.05, 0) is 6.08 Å². The maximum Gasteiger partial charge on any atom is 0.328 e. The molecule has 1 heterocycles. The third-order valence-electron chi connectivity index (χ3n) is 1.01. The van der Waals surface area contributed by atoms with Gasteiger partial charge in [0.05, 0.1) is 6.20 Å². The zero-order valence-corrected chi connectivity index (χ0v) is 5.93. The van der Waals surface area contributed by atoms with E-state index in [9.17, 15) is 4.79 Å². The average molecular weight is 153 g/mol. The van der Waals surface area contributed by atoms with Gasteiger partial charge in [-0.3, -0.25) is 0 Å². The average Bonchev–Trinajstić information content (AvgIpc) is 2.31. The van der Waals surface area contributed by atoms with Crippen molar-refractivity contribution in [3.05, 3.63) is 18.0 Å². The summed E-state index contributed by atoms with van der Waals surface area (Å²) in [6, 6.07) is 0. The van der Waals surface area contributed by atoms with Crippen LogP contribution in [0.1, 0.15) is 5.69 Å². The molecule has 11 heavy (non-hydrogen) atoms. The number of hydrogen-bond acceptors (Lipinski definition) is 3. The molecule has 0 radical (unpaired) electrons. The molecular weight excluding hydrogens is 146 g/mol. The Hall–Kier alpha value is -1.65. The van der Waals surface area contributed by atoms with Crippen LogP contribution in [0.25, 0.3) is 6.08 Å². The van der Waals surface area contributed by atoms with Crippen LogP contribution in [-0.4, -0.2) is 26.1 Å². The lowest BCUT2D eigenvalue weighted by molar-refractivity contribution is -0.131. The van der Waals surface area contributed by atoms with Crippen molar-refractivity contribution >= 4 is 12.0 Å². The molecule has 0 spiro atoms. The molecule has 0 unspecified atom stereocenters. The molecule has 0 saturated heterocycles. The van der Waals surface area contributed by atoms with Gasteiger partial charge >= 0.3 is 5.97 Å². The van der Waals surface area contributed by atoms with Gasteiger partial charge in [-0.25, -0.2) is 4.79 Å². The van der Waals surface area contributed by atoms with Gasteiger partial charge in [-0.1, -0.05) is 0 Å². The normalized spacial score (nSPS) is 10.6. The van der Waals surface area contributed by atoms with Crippen molar-refractivity contribution in [1.29, 1.82) is 0 Å². The Morgan fingerprint density at radius 1 is 1.82 bits per heavy atom. The topological polar surface area (TPSA) is 68.0 Å². The van der Waals surface area contributed by atoms with E-state index in [0.717, 1.165) is 6.08 Å². The molecule has 0 aliphatic heterocycles. The Labute approximate surface area is 63.0 Å². The van der Waals surface area contributed by atoms with Gasteiger partial charge in [0.15, 0.2) is 0 Å². The number of carbonyl (C=O) groups is 1. The van der Waals surface area contributed by atoms with Gasteiger partial charge in [0.1, 0.15) is 5.69 Å². The van der Waals surface area contributed by atoms with E-state index < -0.39 is 5.97 Å².